The third-order valence-electron chi connectivity index (χ3n) is 4.55. The van der Waals surface area contributed by atoms with Gasteiger partial charge in [-0.05, 0) is 29.8 Å². The van der Waals surface area contributed by atoms with E-state index >= 15 is 0 Å². The van der Waals surface area contributed by atoms with Gasteiger partial charge in [-0.1, -0.05) is 12.1 Å². The summed E-state index contributed by atoms with van der Waals surface area (Å²) < 4.78 is 93.2. The Morgan fingerprint density at radius 1 is 0.750 bits per heavy atom. The van der Waals surface area contributed by atoms with E-state index in [1.54, 1.807) is 12.1 Å². The van der Waals surface area contributed by atoms with Crippen LogP contribution in [0.4, 0.5) is 22.0 Å². The van der Waals surface area contributed by atoms with Gasteiger partial charge in [0, 0.05) is 24.2 Å². The highest BCUT2D eigenvalue weighted by atomic mass is 32.2. The van der Waals surface area contributed by atoms with Gasteiger partial charge >= 0.3 is 0 Å². The standard InChI is InChI=1S/C21H11F5N2O2S2/c1-32(29,30)12-4-2-11(3-5-12)20-19(10-6-8-27-9-7-10)28-21(31-20)13-14(22)16(24)18(26)17(25)15(13)23/h2-9H,1H3. The van der Waals surface area contributed by atoms with Crippen LogP contribution >= 0.6 is 11.3 Å². The molecule has 4 nitrogen and oxygen atoms in total. The first-order valence-corrected chi connectivity index (χ1v) is 11.5. The van der Waals surface area contributed by atoms with Gasteiger partial charge in [0.1, 0.15) is 5.01 Å². The fourth-order valence-electron chi connectivity index (χ4n) is 2.97. The van der Waals surface area contributed by atoms with Crippen molar-refractivity contribution in [3.63, 3.8) is 0 Å². The summed E-state index contributed by atoms with van der Waals surface area (Å²) in [4.78, 5) is 8.45. The van der Waals surface area contributed by atoms with Crippen molar-refractivity contribution in [1.82, 2.24) is 9.97 Å². The summed E-state index contributed by atoms with van der Waals surface area (Å²) in [5, 5.41) is -0.424. The average molecular weight is 482 g/mol. The van der Waals surface area contributed by atoms with Crippen LogP contribution in [0.5, 0.6) is 0 Å². The number of thiazole rings is 1. The van der Waals surface area contributed by atoms with Crippen molar-refractivity contribution in [3.8, 4) is 32.3 Å². The predicted octanol–water partition coefficient (Wildman–Crippen LogP) is 5.64. The van der Waals surface area contributed by atoms with Gasteiger partial charge in [-0.15, -0.1) is 11.3 Å². The molecule has 0 saturated carbocycles. The third kappa shape index (κ3) is 3.78. The third-order valence-corrected chi connectivity index (χ3v) is 6.80. The highest BCUT2D eigenvalue weighted by Crippen LogP contribution is 2.43. The second kappa shape index (κ2) is 8.06. The van der Waals surface area contributed by atoms with Gasteiger partial charge in [0.25, 0.3) is 0 Å². The van der Waals surface area contributed by atoms with Crippen LogP contribution in [-0.2, 0) is 9.84 Å². The van der Waals surface area contributed by atoms with Crippen LogP contribution < -0.4 is 0 Å². The Morgan fingerprint density at radius 2 is 1.28 bits per heavy atom. The number of rotatable bonds is 4. The maximum Gasteiger partial charge on any atom is 0.200 e. The molecule has 4 aromatic rings. The van der Waals surface area contributed by atoms with Crippen LogP contribution in [0, 0.1) is 29.1 Å². The van der Waals surface area contributed by atoms with Crippen molar-refractivity contribution >= 4 is 21.2 Å². The first-order valence-electron chi connectivity index (χ1n) is 8.83. The van der Waals surface area contributed by atoms with E-state index in [2.05, 4.69) is 9.97 Å². The number of sulfone groups is 1. The molecule has 2 heterocycles. The lowest BCUT2D eigenvalue weighted by molar-refractivity contribution is 0.381. The fraction of sp³-hybridized carbons (Fsp3) is 0.0476. The van der Waals surface area contributed by atoms with Gasteiger partial charge in [0.2, 0.25) is 5.82 Å². The first kappa shape index (κ1) is 22.0. The maximum absolute atomic E-state index is 14.4. The van der Waals surface area contributed by atoms with Crippen molar-refractivity contribution in [3.05, 3.63) is 77.9 Å². The largest absolute Gasteiger partial charge is 0.265 e. The molecule has 0 bridgehead atoms. The predicted molar refractivity (Wildman–Crippen MR) is 109 cm³/mol. The zero-order valence-electron chi connectivity index (χ0n) is 16.0. The highest BCUT2D eigenvalue weighted by Gasteiger charge is 2.29. The molecule has 0 aliphatic rings. The van der Waals surface area contributed by atoms with Crippen LogP contribution in [0.1, 0.15) is 0 Å². The molecule has 2 aromatic heterocycles. The number of hydrogen-bond donors (Lipinski definition) is 0. The Hall–Kier alpha value is -3.18. The number of hydrogen-bond acceptors (Lipinski definition) is 5. The molecular formula is C21H11F5N2O2S2. The Morgan fingerprint density at radius 3 is 1.81 bits per heavy atom. The second-order valence-electron chi connectivity index (χ2n) is 6.67. The van der Waals surface area contributed by atoms with E-state index in [1.165, 1.54) is 36.7 Å². The van der Waals surface area contributed by atoms with Gasteiger partial charge < -0.3 is 0 Å². The zero-order chi connectivity index (χ0) is 23.2. The van der Waals surface area contributed by atoms with Crippen LogP contribution in [0.15, 0.2) is 53.7 Å². The lowest BCUT2D eigenvalue weighted by atomic mass is 10.1. The lowest BCUT2D eigenvalue weighted by Gasteiger charge is -2.05. The molecule has 0 fully saturated rings. The summed E-state index contributed by atoms with van der Waals surface area (Å²) in [7, 11) is -3.47. The zero-order valence-corrected chi connectivity index (χ0v) is 17.7. The Kier molecular flexibility index (Phi) is 5.55. The molecule has 0 amide bonds. The number of halogens is 5. The quantitative estimate of drug-likeness (QED) is 0.215. The van der Waals surface area contributed by atoms with Gasteiger partial charge in [-0.2, -0.15) is 0 Å². The molecule has 164 valence electrons. The van der Waals surface area contributed by atoms with Gasteiger partial charge in [0.15, 0.2) is 33.1 Å². The van der Waals surface area contributed by atoms with Crippen molar-refractivity contribution < 1.29 is 30.4 Å². The van der Waals surface area contributed by atoms with Crippen molar-refractivity contribution in [2.75, 3.05) is 6.26 Å². The minimum Gasteiger partial charge on any atom is -0.265 e. The van der Waals surface area contributed by atoms with Crippen LogP contribution in [0.2, 0.25) is 0 Å². The average Bonchev–Trinajstić information content (AvgIpc) is 3.21. The summed E-state index contributed by atoms with van der Waals surface area (Å²) in [6.45, 7) is 0. The normalized spacial score (nSPS) is 11.7. The molecule has 4 rings (SSSR count). The minimum atomic E-state index is -3.47. The molecule has 0 saturated heterocycles. The van der Waals surface area contributed by atoms with Gasteiger partial charge in [-0.25, -0.2) is 35.4 Å². The SMILES string of the molecule is CS(=O)(=O)c1ccc(-c2sc(-c3c(F)c(F)c(F)c(F)c3F)nc2-c2ccncc2)cc1. The number of nitrogens with zero attached hydrogens (tertiary/aromatic N) is 2. The summed E-state index contributed by atoms with van der Waals surface area (Å²) in [6, 6.07) is 8.75. The van der Waals surface area contributed by atoms with E-state index < -0.39 is 49.5 Å². The second-order valence-corrected chi connectivity index (χ2v) is 9.69. The van der Waals surface area contributed by atoms with E-state index in [9.17, 15) is 30.4 Å². The van der Waals surface area contributed by atoms with E-state index in [1.807, 2.05) is 0 Å². The topological polar surface area (TPSA) is 59.9 Å². The Labute approximate surface area is 183 Å². The minimum absolute atomic E-state index is 0.0521. The van der Waals surface area contributed by atoms with Gasteiger partial charge in [-0.3, -0.25) is 4.98 Å². The van der Waals surface area contributed by atoms with Crippen LogP contribution in [-0.4, -0.2) is 24.6 Å². The molecule has 0 radical (unpaired) electrons. The fourth-order valence-corrected chi connectivity index (χ4v) is 4.73. The van der Waals surface area contributed by atoms with Crippen LogP contribution in [0.25, 0.3) is 32.3 Å². The Bertz CT molecular complexity index is 1410. The summed E-state index contributed by atoms with van der Waals surface area (Å²) in [5.41, 5.74) is -0.00504. The molecule has 11 heteroatoms. The summed E-state index contributed by atoms with van der Waals surface area (Å²) in [5.74, 6) is -10.4. The number of pyridine rings is 1. The first-order chi connectivity index (χ1) is 15.1. The molecule has 0 N–H and O–H groups in total. The number of benzene rings is 2. The van der Waals surface area contributed by atoms with E-state index in [0.717, 1.165) is 6.26 Å². The van der Waals surface area contributed by atoms with Crippen molar-refractivity contribution in [2.45, 2.75) is 4.90 Å². The van der Waals surface area contributed by atoms with E-state index in [-0.39, 0.29) is 10.6 Å². The van der Waals surface area contributed by atoms with Gasteiger partial charge in [0.05, 0.1) is 21.0 Å². The van der Waals surface area contributed by atoms with E-state index in [4.69, 9.17) is 0 Å². The molecule has 0 atom stereocenters. The monoisotopic (exact) mass is 482 g/mol. The van der Waals surface area contributed by atoms with Crippen LogP contribution in [0.3, 0.4) is 0 Å². The maximum atomic E-state index is 14.4. The molecule has 0 aliphatic carbocycles. The van der Waals surface area contributed by atoms with E-state index in [0.29, 0.717) is 27.3 Å². The smallest absolute Gasteiger partial charge is 0.200 e. The molecule has 2 aromatic carbocycles. The highest BCUT2D eigenvalue weighted by molar-refractivity contribution is 7.90. The molecular weight excluding hydrogens is 471 g/mol. The molecule has 0 unspecified atom stereocenters. The van der Waals surface area contributed by atoms with Crippen molar-refractivity contribution in [1.29, 1.82) is 0 Å². The number of aromatic nitrogens is 2. The molecule has 32 heavy (non-hydrogen) atoms. The van der Waals surface area contributed by atoms with Crippen molar-refractivity contribution in [2.24, 2.45) is 0 Å². The lowest BCUT2D eigenvalue weighted by Crippen LogP contribution is -2.03. The Balaban J connectivity index is 1.97. The summed E-state index contributed by atoms with van der Waals surface area (Å²) in [6.07, 6.45) is 3.94. The molecule has 0 aliphatic heterocycles. The summed E-state index contributed by atoms with van der Waals surface area (Å²) >= 11 is 0.709. The molecule has 0 spiro atoms.